The molecule has 0 aromatic heterocycles. The molecule has 4 nitrogen and oxygen atoms in total. The maximum Gasteiger partial charge on any atom is 0.251 e. The molecule has 0 aliphatic carbocycles. The van der Waals surface area contributed by atoms with Gasteiger partial charge in [-0.3, -0.25) is 4.79 Å². The Labute approximate surface area is 229 Å². The summed E-state index contributed by atoms with van der Waals surface area (Å²) in [7, 11) is 0. The normalized spacial score (nSPS) is 12.8. The van der Waals surface area contributed by atoms with Gasteiger partial charge in [-0.05, 0) is 78.6 Å². The zero-order valence-electron chi connectivity index (χ0n) is 21.9. The highest BCUT2D eigenvalue weighted by Gasteiger charge is 2.23. The van der Waals surface area contributed by atoms with Crippen molar-refractivity contribution in [3.63, 3.8) is 0 Å². The lowest BCUT2D eigenvalue weighted by Gasteiger charge is -2.25. The Kier molecular flexibility index (Phi) is 12.2. The van der Waals surface area contributed by atoms with E-state index in [1.54, 1.807) is 6.07 Å². The summed E-state index contributed by atoms with van der Waals surface area (Å²) in [5.74, 6) is -1.10. The predicted octanol–water partition coefficient (Wildman–Crippen LogP) is 5.97. The second-order valence-corrected chi connectivity index (χ2v) is 10.0. The van der Waals surface area contributed by atoms with Gasteiger partial charge in [-0.2, -0.15) is 0 Å². The summed E-state index contributed by atoms with van der Waals surface area (Å²) in [6.45, 7) is 2.84. The van der Waals surface area contributed by atoms with E-state index in [2.05, 4.69) is 29.7 Å². The van der Waals surface area contributed by atoms with Crippen LogP contribution in [0, 0.1) is 11.6 Å². The largest absolute Gasteiger partial charge is 0.390 e. The quantitative estimate of drug-likeness (QED) is 0.164. The Morgan fingerprint density at radius 2 is 1.61 bits per heavy atom. The average Bonchev–Trinajstić information content (AvgIpc) is 2.90. The number of hydrogen-bond acceptors (Lipinski definition) is 3. The first-order valence-corrected chi connectivity index (χ1v) is 13.8. The molecule has 0 saturated heterocycles. The van der Waals surface area contributed by atoms with Crippen molar-refractivity contribution >= 4 is 17.5 Å². The van der Waals surface area contributed by atoms with Crippen LogP contribution in [0.2, 0.25) is 0 Å². The van der Waals surface area contributed by atoms with Crippen molar-refractivity contribution in [1.82, 2.24) is 10.6 Å². The topological polar surface area (TPSA) is 61.4 Å². The molecule has 3 N–H and O–H groups in total. The summed E-state index contributed by atoms with van der Waals surface area (Å²) < 4.78 is 27.7. The van der Waals surface area contributed by atoms with Crippen molar-refractivity contribution in [2.24, 2.45) is 0 Å². The minimum absolute atomic E-state index is 0.0761. The molecule has 0 bridgehead atoms. The molecular weight excluding hydrogens is 506 g/mol. The smallest absolute Gasteiger partial charge is 0.251 e. The summed E-state index contributed by atoms with van der Waals surface area (Å²) in [6.07, 6.45) is 3.83. The second-order valence-electron chi connectivity index (χ2n) is 9.63. The summed E-state index contributed by atoms with van der Waals surface area (Å²) in [5, 5.41) is 17.2. The Bertz CT molecular complexity index is 1150. The molecule has 38 heavy (non-hydrogen) atoms. The number of benzene rings is 3. The maximum atomic E-state index is 13.8. The van der Waals surface area contributed by atoms with E-state index in [4.69, 9.17) is 11.6 Å². The van der Waals surface area contributed by atoms with Gasteiger partial charge in [-0.15, -0.1) is 11.6 Å². The number of alkyl halides is 1. The fourth-order valence-corrected chi connectivity index (χ4v) is 4.64. The van der Waals surface area contributed by atoms with Crippen molar-refractivity contribution < 1.29 is 18.7 Å². The molecular formula is C31H37ClF2N2O2. The molecule has 0 saturated carbocycles. The molecule has 3 aromatic carbocycles. The van der Waals surface area contributed by atoms with Crippen LogP contribution < -0.4 is 10.6 Å². The summed E-state index contributed by atoms with van der Waals surface area (Å²) in [4.78, 5) is 13.2. The molecule has 204 valence electrons. The lowest BCUT2D eigenvalue weighted by Crippen LogP contribution is -2.48. The minimum Gasteiger partial charge on any atom is -0.390 e. The Morgan fingerprint density at radius 3 is 2.34 bits per heavy atom. The lowest BCUT2D eigenvalue weighted by atomic mass is 9.99. The van der Waals surface area contributed by atoms with E-state index >= 15 is 0 Å². The van der Waals surface area contributed by atoms with Crippen molar-refractivity contribution in [3.8, 4) is 0 Å². The maximum absolute atomic E-state index is 13.8. The number of rotatable bonds is 15. The van der Waals surface area contributed by atoms with Crippen molar-refractivity contribution in [1.29, 1.82) is 0 Å². The van der Waals surface area contributed by atoms with Gasteiger partial charge in [-0.1, -0.05) is 49.7 Å². The fourth-order valence-electron chi connectivity index (χ4n) is 4.45. The molecule has 0 aliphatic heterocycles. The zero-order chi connectivity index (χ0) is 27.3. The highest BCUT2D eigenvalue weighted by molar-refractivity contribution is 6.17. The molecule has 0 fully saturated rings. The number of aliphatic hydroxyl groups excluding tert-OH is 1. The van der Waals surface area contributed by atoms with Crippen molar-refractivity contribution in [2.45, 2.75) is 64.1 Å². The van der Waals surface area contributed by atoms with E-state index in [1.165, 1.54) is 17.7 Å². The molecule has 0 aliphatic rings. The highest BCUT2D eigenvalue weighted by Crippen LogP contribution is 2.15. The fraction of sp³-hybridized carbons (Fsp3) is 0.387. The van der Waals surface area contributed by atoms with E-state index in [9.17, 15) is 18.7 Å². The summed E-state index contributed by atoms with van der Waals surface area (Å²) in [5.41, 5.74) is 4.20. The number of carbonyl (C=O) groups excluding carboxylic acids is 1. The molecule has 0 spiro atoms. The minimum atomic E-state index is -0.988. The molecule has 2 atom stereocenters. The average molecular weight is 543 g/mol. The van der Waals surface area contributed by atoms with Crippen molar-refractivity contribution in [2.75, 3.05) is 12.4 Å². The van der Waals surface area contributed by atoms with Gasteiger partial charge in [0.25, 0.3) is 5.91 Å². The van der Waals surface area contributed by atoms with E-state index in [1.807, 2.05) is 30.3 Å². The van der Waals surface area contributed by atoms with Gasteiger partial charge in [0.05, 0.1) is 12.1 Å². The number of aryl methyl sites for hydroxylation is 2. The molecule has 2 unspecified atom stereocenters. The first kappa shape index (κ1) is 29.8. The second kappa shape index (κ2) is 15.6. The third-order valence-electron chi connectivity index (χ3n) is 6.53. The van der Waals surface area contributed by atoms with Crippen molar-refractivity contribution in [3.05, 3.63) is 106 Å². The third kappa shape index (κ3) is 9.82. The van der Waals surface area contributed by atoms with Crippen LogP contribution in [0.5, 0.6) is 0 Å². The van der Waals surface area contributed by atoms with Crippen LogP contribution in [-0.2, 0) is 25.8 Å². The Balaban J connectivity index is 1.69. The molecule has 0 heterocycles. The van der Waals surface area contributed by atoms with Gasteiger partial charge in [-0.25, -0.2) is 8.78 Å². The van der Waals surface area contributed by atoms with Gasteiger partial charge in [0.1, 0.15) is 11.6 Å². The van der Waals surface area contributed by atoms with Gasteiger partial charge in [0.15, 0.2) is 0 Å². The third-order valence-corrected chi connectivity index (χ3v) is 6.80. The van der Waals surface area contributed by atoms with Crippen LogP contribution in [0.15, 0.2) is 66.7 Å². The highest BCUT2D eigenvalue weighted by atomic mass is 35.5. The molecule has 3 rings (SSSR count). The molecule has 3 aromatic rings. The van der Waals surface area contributed by atoms with Crippen LogP contribution in [0.3, 0.4) is 0 Å². The number of unbranched alkanes of at least 4 members (excludes halogenated alkanes) is 2. The van der Waals surface area contributed by atoms with E-state index in [-0.39, 0.29) is 18.9 Å². The van der Waals surface area contributed by atoms with Crippen LogP contribution in [0.1, 0.15) is 58.8 Å². The summed E-state index contributed by atoms with van der Waals surface area (Å²) >= 11 is 5.75. The van der Waals surface area contributed by atoms with Crippen LogP contribution in [0.25, 0.3) is 0 Å². The number of nitrogens with one attached hydrogen (secondary N) is 2. The zero-order valence-corrected chi connectivity index (χ0v) is 22.6. The van der Waals surface area contributed by atoms with Gasteiger partial charge >= 0.3 is 0 Å². The lowest BCUT2D eigenvalue weighted by molar-refractivity contribution is 0.0829. The van der Waals surface area contributed by atoms with E-state index in [0.29, 0.717) is 23.6 Å². The van der Waals surface area contributed by atoms with Crippen LogP contribution in [0.4, 0.5) is 8.78 Å². The number of hydrogen-bond donors (Lipinski definition) is 3. The van der Waals surface area contributed by atoms with E-state index < -0.39 is 23.8 Å². The standard InChI is InChI=1S/C31H37ClF2N2O2/c1-2-22-9-6-11-24(14-22)20-35-21-30(37)29(18-25-16-27(33)19-28(34)17-25)36-31(38)26-12-7-10-23(15-26)8-4-3-5-13-32/h6-7,9-12,14-17,19,29-30,35,37H,2-5,8,13,18,20-21H2,1H3,(H,36,38). The number of halogens is 3. The number of aliphatic hydroxyl groups is 1. The molecule has 7 heteroatoms. The monoisotopic (exact) mass is 542 g/mol. The Hall–Kier alpha value is -2.80. The summed E-state index contributed by atoms with van der Waals surface area (Å²) in [6, 6.07) is 18.1. The predicted molar refractivity (Wildman–Crippen MR) is 150 cm³/mol. The first-order valence-electron chi connectivity index (χ1n) is 13.2. The van der Waals surface area contributed by atoms with E-state index in [0.717, 1.165) is 49.3 Å². The van der Waals surface area contributed by atoms with Crippen LogP contribution in [-0.4, -0.2) is 35.6 Å². The molecule has 1 amide bonds. The van der Waals surface area contributed by atoms with Crippen LogP contribution >= 0.6 is 11.6 Å². The van der Waals surface area contributed by atoms with Gasteiger partial charge in [0.2, 0.25) is 0 Å². The number of carbonyl (C=O) groups is 1. The molecule has 0 radical (unpaired) electrons. The van der Waals surface area contributed by atoms with Gasteiger partial charge < -0.3 is 15.7 Å². The Morgan fingerprint density at radius 1 is 0.895 bits per heavy atom. The first-order chi connectivity index (χ1) is 18.4. The van der Waals surface area contributed by atoms with Gasteiger partial charge in [0, 0.05) is 30.6 Å². The number of amides is 1. The SMILES string of the molecule is CCc1cccc(CNCC(O)C(Cc2cc(F)cc(F)c2)NC(=O)c2cccc(CCCCCCl)c2)c1.